The molecule has 2 N–H and O–H groups in total. The second-order valence-electron chi connectivity index (χ2n) is 14.1. The lowest BCUT2D eigenvalue weighted by Crippen LogP contribution is -2.36. The molecular weight excluding hydrogens is 792 g/mol. The number of benzene rings is 2. The average Bonchev–Trinajstić information content (AvgIpc) is 3.54. The van der Waals surface area contributed by atoms with Gasteiger partial charge in [0.15, 0.2) is 0 Å². The zero-order valence-electron chi connectivity index (χ0n) is 34.7. The standard InChI is InChI=1S/C46H60F3N5O3S2/c1-4-5-6-7-8-9-10-11-12-13-14-15-16-17-18-19-20-24-43(55)50-25-31-58-59-32-26-51-45(56)40-33-39(53-27-29-57-30-28-53)34-42-44(40)52-37(3)54(42)35-38-22-21-23-41(36(38)2)46(47,48)49/h5-6,8-9,11-12,14-15,17-18,21-23,33-34H,4,7,10,13,16,19-20,24-32,35H2,1-3H3,(H,50,55)(H,51,56). The van der Waals surface area contributed by atoms with Gasteiger partial charge in [-0.1, -0.05) is 101 Å². The number of hydrogen-bond donors (Lipinski definition) is 2. The summed E-state index contributed by atoms with van der Waals surface area (Å²) in [4.78, 5) is 32.8. The van der Waals surface area contributed by atoms with Crippen molar-refractivity contribution in [3.63, 3.8) is 0 Å². The molecule has 0 radical (unpaired) electrons. The highest BCUT2D eigenvalue weighted by molar-refractivity contribution is 8.76. The third-order valence-corrected chi connectivity index (χ3v) is 12.1. The number of fused-ring (bicyclic) bond motifs is 1. The van der Waals surface area contributed by atoms with E-state index in [0.29, 0.717) is 79.6 Å². The Morgan fingerprint density at radius 1 is 0.847 bits per heavy atom. The lowest BCUT2D eigenvalue weighted by molar-refractivity contribution is -0.138. The molecule has 1 aromatic heterocycles. The summed E-state index contributed by atoms with van der Waals surface area (Å²) in [5, 5.41) is 6.02. The normalized spacial score (nSPS) is 14.0. The van der Waals surface area contributed by atoms with E-state index in [4.69, 9.17) is 9.72 Å². The predicted octanol–water partition coefficient (Wildman–Crippen LogP) is 10.7. The number of unbranched alkanes of at least 4 members (excludes halogenated alkanes) is 1. The Labute approximate surface area is 356 Å². The Kier molecular flexibility index (Phi) is 21.0. The van der Waals surface area contributed by atoms with Crippen molar-refractivity contribution < 1.29 is 27.5 Å². The molecule has 1 aliphatic heterocycles. The van der Waals surface area contributed by atoms with Crippen molar-refractivity contribution in [3.8, 4) is 0 Å². The highest BCUT2D eigenvalue weighted by atomic mass is 33.1. The van der Waals surface area contributed by atoms with E-state index < -0.39 is 11.7 Å². The first kappa shape index (κ1) is 47.5. The predicted molar refractivity (Wildman–Crippen MR) is 241 cm³/mol. The highest BCUT2D eigenvalue weighted by Gasteiger charge is 2.33. The van der Waals surface area contributed by atoms with Crippen LogP contribution in [0.5, 0.6) is 0 Å². The van der Waals surface area contributed by atoms with Crippen molar-refractivity contribution in [1.82, 2.24) is 20.2 Å². The Morgan fingerprint density at radius 3 is 2.08 bits per heavy atom. The molecule has 4 rings (SSSR count). The van der Waals surface area contributed by atoms with Gasteiger partial charge >= 0.3 is 6.18 Å². The van der Waals surface area contributed by atoms with Crippen LogP contribution in [0, 0.1) is 13.8 Å². The van der Waals surface area contributed by atoms with E-state index in [1.54, 1.807) is 27.7 Å². The fourth-order valence-electron chi connectivity index (χ4n) is 6.52. The molecule has 3 aromatic rings. The van der Waals surface area contributed by atoms with Gasteiger partial charge in [0.05, 0.1) is 29.9 Å². The van der Waals surface area contributed by atoms with Gasteiger partial charge in [-0.2, -0.15) is 13.2 Å². The zero-order chi connectivity index (χ0) is 42.3. The van der Waals surface area contributed by atoms with E-state index in [1.165, 1.54) is 13.0 Å². The Morgan fingerprint density at radius 2 is 1.46 bits per heavy atom. The lowest BCUT2D eigenvalue weighted by atomic mass is 10.0. The van der Waals surface area contributed by atoms with Crippen LogP contribution in [0.15, 0.2) is 91.1 Å². The van der Waals surface area contributed by atoms with Crippen molar-refractivity contribution in [2.45, 2.75) is 84.9 Å². The smallest absolute Gasteiger partial charge is 0.378 e. The second-order valence-corrected chi connectivity index (χ2v) is 16.8. The minimum Gasteiger partial charge on any atom is -0.378 e. The van der Waals surface area contributed by atoms with Crippen LogP contribution in [0.2, 0.25) is 0 Å². The van der Waals surface area contributed by atoms with Crippen molar-refractivity contribution in [1.29, 1.82) is 0 Å². The largest absolute Gasteiger partial charge is 0.416 e. The number of morpholine rings is 1. The number of rotatable bonds is 24. The van der Waals surface area contributed by atoms with Crippen LogP contribution in [-0.2, 0) is 22.3 Å². The number of ether oxygens (including phenoxy) is 1. The number of carbonyl (C=O) groups excluding carboxylic acids is 2. The van der Waals surface area contributed by atoms with Crippen molar-refractivity contribution in [2.75, 3.05) is 55.8 Å². The van der Waals surface area contributed by atoms with Gasteiger partial charge in [-0.15, -0.1) is 0 Å². The molecule has 320 valence electrons. The first-order valence-electron chi connectivity index (χ1n) is 20.6. The number of nitrogens with one attached hydrogen (secondary N) is 2. The number of hydrogen-bond acceptors (Lipinski definition) is 7. The van der Waals surface area contributed by atoms with E-state index >= 15 is 0 Å². The summed E-state index contributed by atoms with van der Waals surface area (Å²) >= 11 is 0. The Bertz CT molecular complexity index is 1930. The number of halogens is 3. The zero-order valence-corrected chi connectivity index (χ0v) is 36.3. The SMILES string of the molecule is CCC=CCC=CCC=CCC=CCC=CCCCC(=O)NCCSSCCNC(=O)c1cc(N2CCOCC2)cc2c1nc(C)n2Cc1cccc(C(F)(F)F)c1C. The maximum atomic E-state index is 13.7. The summed E-state index contributed by atoms with van der Waals surface area (Å²) < 4.78 is 48.6. The average molecular weight is 852 g/mol. The minimum absolute atomic E-state index is 0.0588. The van der Waals surface area contributed by atoms with Gasteiger partial charge in [0.1, 0.15) is 11.3 Å². The molecule has 1 fully saturated rings. The van der Waals surface area contributed by atoms with Crippen LogP contribution >= 0.6 is 21.6 Å². The second kappa shape index (κ2) is 26.1. The van der Waals surface area contributed by atoms with Crippen LogP contribution < -0.4 is 15.5 Å². The van der Waals surface area contributed by atoms with Gasteiger partial charge in [-0.05, 0) is 88.1 Å². The molecule has 2 amide bonds. The number of imidazole rings is 1. The number of carbonyl (C=O) groups is 2. The third kappa shape index (κ3) is 16.4. The maximum Gasteiger partial charge on any atom is 0.416 e. The molecule has 1 aliphatic rings. The van der Waals surface area contributed by atoms with E-state index in [9.17, 15) is 22.8 Å². The number of anilines is 1. The van der Waals surface area contributed by atoms with E-state index in [-0.39, 0.29) is 23.9 Å². The van der Waals surface area contributed by atoms with Crippen molar-refractivity contribution >= 4 is 50.1 Å². The molecular formula is C46H60F3N5O3S2. The van der Waals surface area contributed by atoms with Gasteiger partial charge in [-0.3, -0.25) is 9.59 Å². The number of aromatic nitrogens is 2. The third-order valence-electron chi connectivity index (χ3n) is 9.72. The molecule has 0 spiro atoms. The van der Waals surface area contributed by atoms with Gasteiger partial charge in [-0.25, -0.2) is 4.98 Å². The topological polar surface area (TPSA) is 88.5 Å². The highest BCUT2D eigenvalue weighted by Crippen LogP contribution is 2.34. The molecule has 2 aromatic carbocycles. The molecule has 0 saturated carbocycles. The van der Waals surface area contributed by atoms with Crippen LogP contribution in [0.4, 0.5) is 18.9 Å². The van der Waals surface area contributed by atoms with Gasteiger partial charge in [0.25, 0.3) is 5.91 Å². The van der Waals surface area contributed by atoms with Gasteiger partial charge in [0, 0.05) is 56.3 Å². The molecule has 1 saturated heterocycles. The number of allylic oxidation sites excluding steroid dienone is 10. The Hall–Kier alpha value is -4.20. The summed E-state index contributed by atoms with van der Waals surface area (Å²) in [5.74, 6) is 1.83. The minimum atomic E-state index is -4.45. The molecule has 0 unspecified atom stereocenters. The van der Waals surface area contributed by atoms with Crippen molar-refractivity contribution in [2.24, 2.45) is 0 Å². The van der Waals surface area contributed by atoms with Crippen LogP contribution in [-0.4, -0.2) is 72.3 Å². The molecule has 0 atom stereocenters. The molecule has 8 nitrogen and oxygen atoms in total. The quantitative estimate of drug-likeness (QED) is 0.0527. The maximum absolute atomic E-state index is 13.7. The molecule has 0 aliphatic carbocycles. The van der Waals surface area contributed by atoms with Crippen LogP contribution in [0.25, 0.3) is 11.0 Å². The molecule has 59 heavy (non-hydrogen) atoms. The van der Waals surface area contributed by atoms with Gasteiger partial charge in [0.2, 0.25) is 5.91 Å². The van der Waals surface area contributed by atoms with Crippen LogP contribution in [0.1, 0.15) is 91.2 Å². The van der Waals surface area contributed by atoms with E-state index in [2.05, 4.69) is 83.2 Å². The number of amides is 2. The molecule has 0 bridgehead atoms. The first-order chi connectivity index (χ1) is 28.6. The lowest BCUT2D eigenvalue weighted by Gasteiger charge is -2.29. The first-order valence-corrected chi connectivity index (χ1v) is 23.1. The Balaban J connectivity index is 1.15. The molecule has 2 heterocycles. The number of nitrogens with zero attached hydrogens (tertiary/aromatic N) is 3. The van der Waals surface area contributed by atoms with E-state index in [0.717, 1.165) is 62.5 Å². The summed E-state index contributed by atoms with van der Waals surface area (Å²) in [7, 11) is 3.28. The summed E-state index contributed by atoms with van der Waals surface area (Å²) in [5.41, 5.74) is 2.52. The summed E-state index contributed by atoms with van der Waals surface area (Å²) in [6.45, 7) is 9.09. The van der Waals surface area contributed by atoms with Gasteiger partial charge < -0.3 is 24.8 Å². The number of aryl methyl sites for hydroxylation is 1. The number of alkyl halides is 3. The monoisotopic (exact) mass is 851 g/mol. The summed E-state index contributed by atoms with van der Waals surface area (Å²) in [6.07, 6.45) is 24.4. The molecule has 13 heteroatoms. The van der Waals surface area contributed by atoms with Crippen LogP contribution in [0.3, 0.4) is 0 Å². The van der Waals surface area contributed by atoms with E-state index in [1.807, 2.05) is 23.6 Å². The fraction of sp³-hybridized carbons (Fsp3) is 0.457. The summed E-state index contributed by atoms with van der Waals surface area (Å²) in [6, 6.07) is 8.05. The fourth-order valence-corrected chi connectivity index (χ4v) is 8.34. The van der Waals surface area contributed by atoms with Crippen molar-refractivity contribution in [3.05, 3.63) is 119 Å².